The highest BCUT2D eigenvalue weighted by atomic mass is 35.5. The van der Waals surface area contributed by atoms with Gasteiger partial charge in [-0.1, -0.05) is 35.9 Å². The van der Waals surface area contributed by atoms with Gasteiger partial charge in [-0.05, 0) is 37.1 Å². The zero-order chi connectivity index (χ0) is 22.5. The van der Waals surface area contributed by atoms with Gasteiger partial charge in [0.05, 0.1) is 27.7 Å². The lowest BCUT2D eigenvalue weighted by Gasteiger charge is -2.27. The molecule has 164 valence electrons. The maximum absolute atomic E-state index is 13.8. The summed E-state index contributed by atoms with van der Waals surface area (Å²) in [6, 6.07) is 14.6. The van der Waals surface area contributed by atoms with E-state index in [-0.39, 0.29) is 17.5 Å². The summed E-state index contributed by atoms with van der Waals surface area (Å²) < 4.78 is 3.27. The number of rotatable bonds is 3. The van der Waals surface area contributed by atoms with Gasteiger partial charge in [0.25, 0.3) is 5.56 Å². The van der Waals surface area contributed by atoms with Gasteiger partial charge in [0.1, 0.15) is 5.82 Å². The number of imidazole rings is 1. The minimum atomic E-state index is -0.212. The van der Waals surface area contributed by atoms with Gasteiger partial charge in [-0.25, -0.2) is 14.5 Å². The first-order valence-electron chi connectivity index (χ1n) is 10.6. The first kappa shape index (κ1) is 19.7. The zero-order valence-corrected chi connectivity index (χ0v) is 18.2. The van der Waals surface area contributed by atoms with Crippen molar-refractivity contribution in [2.45, 2.75) is 18.9 Å². The van der Waals surface area contributed by atoms with Crippen molar-refractivity contribution < 1.29 is 0 Å². The van der Waals surface area contributed by atoms with Gasteiger partial charge in [-0.2, -0.15) is 4.98 Å². The SMILES string of the molecule is Nc1nc(N2CCC[C@H]2c2nc3cccc(Cl)c3c(=O)n2-c2ccccc2)c2nccn2n1. The molecule has 6 rings (SSSR count). The smallest absolute Gasteiger partial charge is 0.267 e. The fourth-order valence-corrected chi connectivity index (χ4v) is 4.82. The third kappa shape index (κ3) is 3.12. The Bertz CT molecular complexity index is 1560. The maximum Gasteiger partial charge on any atom is 0.267 e. The lowest BCUT2D eigenvalue weighted by atomic mass is 10.1. The summed E-state index contributed by atoms with van der Waals surface area (Å²) in [6.45, 7) is 0.724. The molecule has 33 heavy (non-hydrogen) atoms. The first-order valence-corrected chi connectivity index (χ1v) is 11.0. The van der Waals surface area contributed by atoms with Crippen LogP contribution in [0, 0.1) is 0 Å². The summed E-state index contributed by atoms with van der Waals surface area (Å²) in [5.41, 5.74) is 7.68. The number of para-hydroxylation sites is 1. The van der Waals surface area contributed by atoms with Crippen LogP contribution in [0.4, 0.5) is 11.8 Å². The number of nitrogen functional groups attached to an aromatic ring is 1. The average Bonchev–Trinajstić information content (AvgIpc) is 3.48. The normalized spacial score (nSPS) is 16.2. The molecule has 0 aliphatic carbocycles. The molecular weight excluding hydrogens is 440 g/mol. The van der Waals surface area contributed by atoms with Crippen molar-refractivity contribution in [3.8, 4) is 5.69 Å². The molecule has 4 heterocycles. The molecule has 1 aliphatic heterocycles. The van der Waals surface area contributed by atoms with Crippen LogP contribution in [-0.2, 0) is 0 Å². The third-order valence-corrected chi connectivity index (χ3v) is 6.28. The number of fused-ring (bicyclic) bond motifs is 2. The summed E-state index contributed by atoms with van der Waals surface area (Å²) in [7, 11) is 0. The number of hydrogen-bond acceptors (Lipinski definition) is 7. The second kappa shape index (κ2) is 7.56. The van der Waals surface area contributed by atoms with Crippen LogP contribution in [0.5, 0.6) is 0 Å². The Morgan fingerprint density at radius 2 is 1.91 bits per heavy atom. The van der Waals surface area contributed by atoms with Crippen LogP contribution in [0.1, 0.15) is 24.7 Å². The van der Waals surface area contributed by atoms with E-state index in [2.05, 4.69) is 20.0 Å². The lowest BCUT2D eigenvalue weighted by Crippen LogP contribution is -2.32. The van der Waals surface area contributed by atoms with Gasteiger partial charge >= 0.3 is 0 Å². The molecule has 3 aromatic heterocycles. The standard InChI is InChI=1S/C23H19ClN8O/c24-15-8-4-9-16-18(15)22(33)32(14-6-2-1-3-7-14)19(27-16)17-10-5-12-30(17)21-20-26-11-13-31(20)29-23(25)28-21/h1-4,6-9,11,13,17H,5,10,12H2,(H2,25,29)/t17-/m0/s1. The molecule has 5 aromatic rings. The predicted octanol–water partition coefficient (Wildman–Crippen LogP) is 3.40. The van der Waals surface area contributed by atoms with E-state index in [0.717, 1.165) is 25.1 Å². The van der Waals surface area contributed by atoms with Crippen molar-refractivity contribution >= 4 is 39.9 Å². The molecule has 1 aliphatic rings. The van der Waals surface area contributed by atoms with Crippen LogP contribution in [0.2, 0.25) is 5.02 Å². The van der Waals surface area contributed by atoms with Gasteiger partial charge in [-0.3, -0.25) is 9.36 Å². The topological polar surface area (TPSA) is 107 Å². The minimum absolute atomic E-state index is 0.153. The van der Waals surface area contributed by atoms with Crippen LogP contribution in [-0.4, -0.2) is 35.7 Å². The highest BCUT2D eigenvalue weighted by Gasteiger charge is 2.34. The maximum atomic E-state index is 13.8. The van der Waals surface area contributed by atoms with E-state index in [4.69, 9.17) is 22.3 Å². The Kier molecular flexibility index (Phi) is 4.51. The van der Waals surface area contributed by atoms with Crippen LogP contribution >= 0.6 is 11.6 Å². The molecule has 2 aromatic carbocycles. The number of anilines is 2. The quantitative estimate of drug-likeness (QED) is 0.441. The van der Waals surface area contributed by atoms with Gasteiger partial charge in [0, 0.05) is 18.9 Å². The molecular formula is C23H19ClN8O. The number of benzene rings is 2. The molecule has 0 unspecified atom stereocenters. The Morgan fingerprint density at radius 3 is 2.76 bits per heavy atom. The number of nitrogens with zero attached hydrogens (tertiary/aromatic N) is 7. The largest absolute Gasteiger partial charge is 0.366 e. The van der Waals surface area contributed by atoms with E-state index in [9.17, 15) is 4.79 Å². The van der Waals surface area contributed by atoms with E-state index in [0.29, 0.717) is 33.2 Å². The molecule has 0 radical (unpaired) electrons. The highest BCUT2D eigenvalue weighted by molar-refractivity contribution is 6.35. The van der Waals surface area contributed by atoms with Crippen LogP contribution in [0.15, 0.2) is 65.7 Å². The van der Waals surface area contributed by atoms with Crippen LogP contribution < -0.4 is 16.2 Å². The lowest BCUT2D eigenvalue weighted by molar-refractivity contribution is 0.632. The van der Waals surface area contributed by atoms with E-state index >= 15 is 0 Å². The van der Waals surface area contributed by atoms with Gasteiger partial charge in [-0.15, -0.1) is 5.10 Å². The zero-order valence-electron chi connectivity index (χ0n) is 17.5. The van der Waals surface area contributed by atoms with E-state index < -0.39 is 0 Å². The summed E-state index contributed by atoms with van der Waals surface area (Å²) in [5.74, 6) is 1.40. The fourth-order valence-electron chi connectivity index (χ4n) is 4.57. The van der Waals surface area contributed by atoms with Crippen molar-refractivity contribution in [3.63, 3.8) is 0 Å². The van der Waals surface area contributed by atoms with Crippen molar-refractivity contribution in [3.05, 3.63) is 82.1 Å². The van der Waals surface area contributed by atoms with Gasteiger partial charge < -0.3 is 10.6 Å². The Morgan fingerprint density at radius 1 is 1.06 bits per heavy atom. The Labute approximate surface area is 193 Å². The molecule has 1 atom stereocenters. The number of aromatic nitrogens is 6. The molecule has 10 heteroatoms. The van der Waals surface area contributed by atoms with Crippen LogP contribution in [0.25, 0.3) is 22.2 Å². The monoisotopic (exact) mass is 458 g/mol. The molecule has 2 N–H and O–H groups in total. The number of nitrogens with two attached hydrogens (primary N) is 1. The van der Waals surface area contributed by atoms with E-state index in [1.54, 1.807) is 33.6 Å². The molecule has 0 bridgehead atoms. The summed E-state index contributed by atoms with van der Waals surface area (Å²) in [6.07, 6.45) is 5.09. The predicted molar refractivity (Wildman–Crippen MR) is 127 cm³/mol. The third-order valence-electron chi connectivity index (χ3n) is 5.96. The van der Waals surface area contributed by atoms with Crippen molar-refractivity contribution in [1.29, 1.82) is 0 Å². The van der Waals surface area contributed by atoms with E-state index in [1.165, 1.54) is 0 Å². The molecule has 1 fully saturated rings. The molecule has 1 saturated heterocycles. The second-order valence-electron chi connectivity index (χ2n) is 7.92. The molecule has 0 amide bonds. The van der Waals surface area contributed by atoms with Crippen molar-refractivity contribution in [2.24, 2.45) is 0 Å². The second-order valence-corrected chi connectivity index (χ2v) is 8.33. The molecule has 9 nitrogen and oxygen atoms in total. The van der Waals surface area contributed by atoms with Crippen molar-refractivity contribution in [2.75, 3.05) is 17.2 Å². The molecule has 0 spiro atoms. The summed E-state index contributed by atoms with van der Waals surface area (Å²) in [5, 5.41) is 4.99. The Hall–Kier alpha value is -3.98. The summed E-state index contributed by atoms with van der Waals surface area (Å²) in [4.78, 5) is 29.8. The summed E-state index contributed by atoms with van der Waals surface area (Å²) >= 11 is 6.42. The van der Waals surface area contributed by atoms with Gasteiger partial charge in [0.2, 0.25) is 5.95 Å². The fraction of sp³-hybridized carbons (Fsp3) is 0.174. The molecule has 0 saturated carbocycles. The van der Waals surface area contributed by atoms with Gasteiger partial charge in [0.15, 0.2) is 11.5 Å². The average molecular weight is 459 g/mol. The Balaban J connectivity index is 1.62. The van der Waals surface area contributed by atoms with Crippen molar-refractivity contribution in [1.82, 2.24) is 29.1 Å². The first-order chi connectivity index (χ1) is 16.1. The van der Waals surface area contributed by atoms with E-state index in [1.807, 2.05) is 36.4 Å². The minimum Gasteiger partial charge on any atom is -0.366 e. The van der Waals surface area contributed by atoms with Crippen LogP contribution in [0.3, 0.4) is 0 Å². The number of halogens is 1. The number of hydrogen-bond donors (Lipinski definition) is 1. The highest BCUT2D eigenvalue weighted by Crippen LogP contribution is 2.37.